The number of aromatic nitrogens is 1. The summed E-state index contributed by atoms with van der Waals surface area (Å²) in [6, 6.07) is 8.81. The second-order valence-electron chi connectivity index (χ2n) is 7.84. The molecule has 0 N–H and O–H groups in total. The second kappa shape index (κ2) is 9.21. The predicted molar refractivity (Wildman–Crippen MR) is 118 cm³/mol. The van der Waals surface area contributed by atoms with Crippen LogP contribution in [-0.2, 0) is 10.0 Å². The van der Waals surface area contributed by atoms with Crippen LogP contribution in [0.25, 0.3) is 0 Å². The maximum atomic E-state index is 13.2. The molecule has 4 rings (SSSR count). The van der Waals surface area contributed by atoms with Crippen molar-refractivity contribution in [1.29, 1.82) is 0 Å². The van der Waals surface area contributed by atoms with Crippen LogP contribution in [0.2, 0.25) is 0 Å². The molecule has 0 bridgehead atoms. The molecule has 0 spiro atoms. The summed E-state index contributed by atoms with van der Waals surface area (Å²) in [6.07, 6.45) is 4.97. The number of anilines is 1. The molecule has 0 saturated carbocycles. The van der Waals surface area contributed by atoms with Crippen LogP contribution in [0.4, 0.5) is 11.5 Å². The van der Waals surface area contributed by atoms with Gasteiger partial charge in [-0.2, -0.15) is 4.31 Å². The number of para-hydroxylation sites is 1. The van der Waals surface area contributed by atoms with Crippen molar-refractivity contribution < 1.29 is 18.1 Å². The summed E-state index contributed by atoms with van der Waals surface area (Å²) < 4.78 is 27.2. The maximum absolute atomic E-state index is 13.2. The van der Waals surface area contributed by atoms with Crippen molar-refractivity contribution in [3.05, 3.63) is 58.3 Å². The molecule has 2 aromatic rings. The molecule has 10 nitrogen and oxygen atoms in total. The van der Waals surface area contributed by atoms with E-state index in [9.17, 15) is 23.3 Å². The summed E-state index contributed by atoms with van der Waals surface area (Å²) >= 11 is 0. The second-order valence-corrected chi connectivity index (χ2v) is 9.75. The molecule has 170 valence electrons. The SMILES string of the molecule is O=C(c1cccnc1N1CCCCC1)N1CCN(S(=O)(=O)c2ccccc2[N+](=O)[O-])CC1. The zero-order chi connectivity index (χ0) is 22.7. The van der Waals surface area contributed by atoms with Crippen molar-refractivity contribution >= 4 is 27.4 Å². The number of hydrogen-bond donors (Lipinski definition) is 0. The van der Waals surface area contributed by atoms with Gasteiger partial charge < -0.3 is 9.80 Å². The number of nitro benzene ring substituents is 1. The molecule has 1 amide bonds. The molecule has 2 fully saturated rings. The highest BCUT2D eigenvalue weighted by Gasteiger charge is 2.35. The highest BCUT2D eigenvalue weighted by Crippen LogP contribution is 2.28. The van der Waals surface area contributed by atoms with E-state index in [4.69, 9.17) is 0 Å². The summed E-state index contributed by atoms with van der Waals surface area (Å²) in [6.45, 7) is 2.26. The van der Waals surface area contributed by atoms with Gasteiger partial charge in [0.25, 0.3) is 11.6 Å². The van der Waals surface area contributed by atoms with Crippen LogP contribution in [0.15, 0.2) is 47.5 Å². The van der Waals surface area contributed by atoms with E-state index in [0.29, 0.717) is 11.4 Å². The van der Waals surface area contributed by atoms with Gasteiger partial charge in [0.15, 0.2) is 4.90 Å². The molecule has 0 aliphatic carbocycles. The monoisotopic (exact) mass is 459 g/mol. The Hall–Kier alpha value is -3.05. The normalized spacial score (nSPS) is 17.9. The predicted octanol–water partition coefficient (Wildman–Crippen LogP) is 2.13. The fraction of sp³-hybridized carbons (Fsp3) is 0.429. The molecule has 3 heterocycles. The lowest BCUT2D eigenvalue weighted by Crippen LogP contribution is -2.50. The zero-order valence-corrected chi connectivity index (χ0v) is 18.4. The zero-order valence-electron chi connectivity index (χ0n) is 17.6. The Morgan fingerprint density at radius 3 is 2.31 bits per heavy atom. The van der Waals surface area contributed by atoms with Gasteiger partial charge in [-0.3, -0.25) is 14.9 Å². The van der Waals surface area contributed by atoms with E-state index in [1.165, 1.54) is 35.0 Å². The number of amides is 1. The molecule has 0 unspecified atom stereocenters. The first-order chi connectivity index (χ1) is 15.4. The Kier molecular flexibility index (Phi) is 6.38. The van der Waals surface area contributed by atoms with E-state index in [2.05, 4.69) is 9.88 Å². The molecule has 2 saturated heterocycles. The Balaban J connectivity index is 1.49. The van der Waals surface area contributed by atoms with Crippen LogP contribution in [0.3, 0.4) is 0 Å². The Morgan fingerprint density at radius 2 is 1.62 bits per heavy atom. The van der Waals surface area contributed by atoms with Crippen LogP contribution >= 0.6 is 0 Å². The van der Waals surface area contributed by atoms with Crippen molar-refractivity contribution in [3.63, 3.8) is 0 Å². The summed E-state index contributed by atoms with van der Waals surface area (Å²) in [5, 5.41) is 11.3. The molecule has 11 heteroatoms. The fourth-order valence-electron chi connectivity index (χ4n) is 4.19. The molecule has 2 aliphatic rings. The molecule has 32 heavy (non-hydrogen) atoms. The van der Waals surface area contributed by atoms with E-state index in [-0.39, 0.29) is 37.0 Å². The maximum Gasteiger partial charge on any atom is 0.289 e. The first kappa shape index (κ1) is 22.2. The largest absolute Gasteiger partial charge is 0.356 e. The number of pyridine rings is 1. The van der Waals surface area contributed by atoms with Gasteiger partial charge in [0.05, 0.1) is 10.5 Å². The van der Waals surface area contributed by atoms with Crippen molar-refractivity contribution in [2.75, 3.05) is 44.2 Å². The smallest absolute Gasteiger partial charge is 0.289 e. The molecule has 1 aromatic heterocycles. The van der Waals surface area contributed by atoms with Crippen LogP contribution < -0.4 is 4.90 Å². The highest BCUT2D eigenvalue weighted by atomic mass is 32.2. The molecule has 1 aromatic carbocycles. The number of benzene rings is 1. The summed E-state index contributed by atoms with van der Waals surface area (Å²) in [5.41, 5.74) is 0.0666. The van der Waals surface area contributed by atoms with E-state index in [0.717, 1.165) is 25.9 Å². The van der Waals surface area contributed by atoms with E-state index >= 15 is 0 Å². The van der Waals surface area contributed by atoms with E-state index < -0.39 is 20.6 Å². The minimum atomic E-state index is -4.04. The van der Waals surface area contributed by atoms with Crippen molar-refractivity contribution in [2.45, 2.75) is 24.2 Å². The van der Waals surface area contributed by atoms with Gasteiger partial charge in [-0.1, -0.05) is 12.1 Å². The fourth-order valence-corrected chi connectivity index (χ4v) is 5.77. The number of piperidine rings is 1. The molecular formula is C21H25N5O5S. The minimum Gasteiger partial charge on any atom is -0.356 e. The van der Waals surface area contributed by atoms with Gasteiger partial charge in [0.1, 0.15) is 5.82 Å². The lowest BCUT2D eigenvalue weighted by molar-refractivity contribution is -0.387. The Bertz CT molecular complexity index is 1110. The summed E-state index contributed by atoms with van der Waals surface area (Å²) in [5.74, 6) is 0.494. The number of hydrogen-bond acceptors (Lipinski definition) is 7. The average Bonchev–Trinajstić information content (AvgIpc) is 2.84. The van der Waals surface area contributed by atoms with Crippen molar-refractivity contribution in [3.8, 4) is 0 Å². The third-order valence-electron chi connectivity index (χ3n) is 5.88. The van der Waals surface area contributed by atoms with Crippen LogP contribution in [0, 0.1) is 10.1 Å². The molecular weight excluding hydrogens is 434 g/mol. The Labute approximate surface area is 186 Å². The quantitative estimate of drug-likeness (QED) is 0.497. The van der Waals surface area contributed by atoms with Gasteiger partial charge >= 0.3 is 0 Å². The van der Waals surface area contributed by atoms with Crippen molar-refractivity contribution in [2.24, 2.45) is 0 Å². The van der Waals surface area contributed by atoms with Gasteiger partial charge in [0.2, 0.25) is 10.0 Å². The number of nitrogens with zero attached hydrogens (tertiary/aromatic N) is 5. The molecule has 0 atom stereocenters. The van der Waals surface area contributed by atoms with Gasteiger partial charge in [0, 0.05) is 51.5 Å². The van der Waals surface area contributed by atoms with Gasteiger partial charge in [-0.25, -0.2) is 13.4 Å². The third-order valence-corrected chi connectivity index (χ3v) is 7.82. The standard InChI is InChI=1S/C21H25N5O5S/c27-21(17-7-6-10-22-20(17)23-11-4-1-5-12-23)24-13-15-25(16-14-24)32(30,31)19-9-3-2-8-18(19)26(28)29/h2-3,6-10H,1,4-5,11-16H2. The van der Waals surface area contributed by atoms with Crippen LogP contribution in [-0.4, -0.2) is 72.7 Å². The first-order valence-corrected chi connectivity index (χ1v) is 12.1. The summed E-state index contributed by atoms with van der Waals surface area (Å²) in [4.78, 5) is 31.7. The highest BCUT2D eigenvalue weighted by molar-refractivity contribution is 7.89. The van der Waals surface area contributed by atoms with Crippen LogP contribution in [0.5, 0.6) is 0 Å². The first-order valence-electron chi connectivity index (χ1n) is 10.6. The van der Waals surface area contributed by atoms with Gasteiger partial charge in [-0.15, -0.1) is 0 Å². The lowest BCUT2D eigenvalue weighted by Gasteiger charge is -2.35. The van der Waals surface area contributed by atoms with E-state index in [1.807, 2.05) is 0 Å². The van der Waals surface area contributed by atoms with Gasteiger partial charge in [-0.05, 0) is 37.5 Å². The number of rotatable bonds is 5. The number of sulfonamides is 1. The minimum absolute atomic E-state index is 0.0689. The summed E-state index contributed by atoms with van der Waals surface area (Å²) in [7, 11) is -4.04. The topological polar surface area (TPSA) is 117 Å². The molecule has 2 aliphatic heterocycles. The number of carbonyl (C=O) groups excluding carboxylic acids is 1. The number of nitro groups is 1. The van der Waals surface area contributed by atoms with Crippen molar-refractivity contribution in [1.82, 2.24) is 14.2 Å². The number of piperazine rings is 1. The molecule has 0 radical (unpaired) electrons. The third kappa shape index (κ3) is 4.30. The average molecular weight is 460 g/mol. The lowest BCUT2D eigenvalue weighted by atomic mass is 10.1. The van der Waals surface area contributed by atoms with Crippen LogP contribution in [0.1, 0.15) is 29.6 Å². The Morgan fingerprint density at radius 1 is 0.938 bits per heavy atom. The number of carbonyl (C=O) groups is 1. The van der Waals surface area contributed by atoms with E-state index in [1.54, 1.807) is 23.2 Å².